The lowest BCUT2D eigenvalue weighted by molar-refractivity contribution is -0.122. The Kier molecular flexibility index (Phi) is 4.20. The molecule has 1 saturated heterocycles. The summed E-state index contributed by atoms with van der Waals surface area (Å²) >= 11 is 0. The molecule has 0 saturated carbocycles. The van der Waals surface area contributed by atoms with E-state index >= 15 is 0 Å². The van der Waals surface area contributed by atoms with Crippen LogP contribution in [0.3, 0.4) is 0 Å². The SMILES string of the molecule is CNC(=O)CN1CCC(Cn2cnc3ccccc32)CC1. The first-order valence-electron chi connectivity index (χ1n) is 7.59. The molecular formula is C16H22N4O. The second-order valence-corrected chi connectivity index (χ2v) is 5.78. The Bertz CT molecular complexity index is 614. The number of aromatic nitrogens is 2. The maximum atomic E-state index is 11.4. The third-order valence-corrected chi connectivity index (χ3v) is 4.34. The average Bonchev–Trinajstić information content (AvgIpc) is 2.92. The van der Waals surface area contributed by atoms with Crippen molar-refractivity contribution < 1.29 is 4.79 Å². The van der Waals surface area contributed by atoms with Crippen LogP contribution in [0.25, 0.3) is 11.0 Å². The number of nitrogens with one attached hydrogen (secondary N) is 1. The Labute approximate surface area is 125 Å². The largest absolute Gasteiger partial charge is 0.358 e. The van der Waals surface area contributed by atoms with E-state index in [-0.39, 0.29) is 5.91 Å². The molecule has 1 aliphatic rings. The summed E-state index contributed by atoms with van der Waals surface area (Å²) in [6, 6.07) is 8.27. The molecule has 2 heterocycles. The van der Waals surface area contributed by atoms with Crippen molar-refractivity contribution in [3.8, 4) is 0 Å². The van der Waals surface area contributed by atoms with Gasteiger partial charge in [-0.2, -0.15) is 0 Å². The zero-order valence-electron chi connectivity index (χ0n) is 12.5. The third-order valence-electron chi connectivity index (χ3n) is 4.34. The van der Waals surface area contributed by atoms with Crippen molar-refractivity contribution in [3.05, 3.63) is 30.6 Å². The number of piperidine rings is 1. The number of hydrogen-bond donors (Lipinski definition) is 1. The van der Waals surface area contributed by atoms with Gasteiger partial charge in [-0.25, -0.2) is 4.98 Å². The fourth-order valence-electron chi connectivity index (χ4n) is 3.04. The number of nitrogens with zero attached hydrogens (tertiary/aromatic N) is 3. The van der Waals surface area contributed by atoms with E-state index in [2.05, 4.69) is 38.0 Å². The first-order chi connectivity index (χ1) is 10.3. The monoisotopic (exact) mass is 286 g/mol. The van der Waals surface area contributed by atoms with Gasteiger partial charge in [0, 0.05) is 13.6 Å². The first kappa shape index (κ1) is 14.1. The number of carbonyl (C=O) groups excluding carboxylic acids is 1. The van der Waals surface area contributed by atoms with Gasteiger partial charge in [0.15, 0.2) is 0 Å². The van der Waals surface area contributed by atoms with E-state index in [4.69, 9.17) is 0 Å². The third kappa shape index (κ3) is 3.24. The van der Waals surface area contributed by atoms with Gasteiger partial charge in [0.05, 0.1) is 23.9 Å². The summed E-state index contributed by atoms with van der Waals surface area (Å²) in [6.07, 6.45) is 4.23. The van der Waals surface area contributed by atoms with Gasteiger partial charge in [-0.15, -0.1) is 0 Å². The smallest absolute Gasteiger partial charge is 0.233 e. The molecule has 0 spiro atoms. The highest BCUT2D eigenvalue weighted by Gasteiger charge is 2.21. The number of benzene rings is 1. The maximum absolute atomic E-state index is 11.4. The summed E-state index contributed by atoms with van der Waals surface area (Å²) in [5.41, 5.74) is 2.28. The molecule has 0 bridgehead atoms. The topological polar surface area (TPSA) is 50.2 Å². The van der Waals surface area contributed by atoms with Crippen molar-refractivity contribution in [1.82, 2.24) is 19.8 Å². The molecule has 1 aromatic heterocycles. The van der Waals surface area contributed by atoms with Crippen molar-refractivity contribution in [2.75, 3.05) is 26.7 Å². The normalized spacial score (nSPS) is 17.2. The maximum Gasteiger partial charge on any atom is 0.233 e. The Balaban J connectivity index is 1.57. The van der Waals surface area contributed by atoms with Crippen molar-refractivity contribution in [3.63, 3.8) is 0 Å². The standard InChI is InChI=1S/C16H22N4O/c1-17-16(21)11-19-8-6-13(7-9-19)10-20-12-18-14-4-2-3-5-15(14)20/h2-5,12-13H,6-11H2,1H3,(H,17,21). The second-order valence-electron chi connectivity index (χ2n) is 5.78. The molecule has 0 atom stereocenters. The molecule has 1 N–H and O–H groups in total. The molecule has 1 aliphatic heterocycles. The van der Waals surface area contributed by atoms with Gasteiger partial charge in [-0.05, 0) is 44.0 Å². The van der Waals surface area contributed by atoms with Gasteiger partial charge in [0.1, 0.15) is 0 Å². The predicted octanol–water partition coefficient (Wildman–Crippen LogP) is 1.49. The molecule has 1 aromatic carbocycles. The minimum Gasteiger partial charge on any atom is -0.358 e. The van der Waals surface area contributed by atoms with E-state index in [0.29, 0.717) is 12.5 Å². The molecule has 1 fully saturated rings. The average molecular weight is 286 g/mol. The Morgan fingerprint density at radius 1 is 1.33 bits per heavy atom. The number of fused-ring (bicyclic) bond motifs is 1. The lowest BCUT2D eigenvalue weighted by atomic mass is 9.96. The summed E-state index contributed by atoms with van der Waals surface area (Å²) in [7, 11) is 1.69. The van der Waals surface area contributed by atoms with Gasteiger partial charge in [0.25, 0.3) is 0 Å². The molecule has 1 amide bonds. The van der Waals surface area contributed by atoms with Gasteiger partial charge < -0.3 is 9.88 Å². The quantitative estimate of drug-likeness (QED) is 0.926. The molecule has 2 aromatic rings. The minimum absolute atomic E-state index is 0.106. The lowest BCUT2D eigenvalue weighted by Crippen LogP contribution is -2.41. The van der Waals surface area contributed by atoms with E-state index in [9.17, 15) is 4.79 Å². The summed E-state index contributed by atoms with van der Waals surface area (Å²) in [5, 5.41) is 2.69. The highest BCUT2D eigenvalue weighted by Crippen LogP contribution is 2.21. The van der Waals surface area contributed by atoms with Crippen LogP contribution in [0.5, 0.6) is 0 Å². The Morgan fingerprint density at radius 3 is 2.86 bits per heavy atom. The number of carbonyl (C=O) groups is 1. The molecule has 5 nitrogen and oxygen atoms in total. The number of amides is 1. The summed E-state index contributed by atoms with van der Waals surface area (Å²) in [6.45, 7) is 3.56. The summed E-state index contributed by atoms with van der Waals surface area (Å²) in [4.78, 5) is 18.1. The second kappa shape index (κ2) is 6.26. The van der Waals surface area contributed by atoms with E-state index in [1.54, 1.807) is 7.05 Å². The van der Waals surface area contributed by atoms with Gasteiger partial charge in [0.2, 0.25) is 5.91 Å². The lowest BCUT2D eigenvalue weighted by Gasteiger charge is -2.31. The van der Waals surface area contributed by atoms with E-state index in [1.165, 1.54) is 5.52 Å². The van der Waals surface area contributed by atoms with Crippen LogP contribution in [0.1, 0.15) is 12.8 Å². The summed E-state index contributed by atoms with van der Waals surface area (Å²) in [5.74, 6) is 0.776. The highest BCUT2D eigenvalue weighted by atomic mass is 16.1. The van der Waals surface area contributed by atoms with E-state index < -0.39 is 0 Å². The van der Waals surface area contributed by atoms with E-state index in [1.807, 2.05) is 12.4 Å². The number of imidazole rings is 1. The zero-order valence-corrected chi connectivity index (χ0v) is 12.5. The van der Waals surface area contributed by atoms with Crippen LogP contribution in [0.4, 0.5) is 0 Å². The highest BCUT2D eigenvalue weighted by molar-refractivity contribution is 5.77. The molecule has 21 heavy (non-hydrogen) atoms. The van der Waals surface area contributed by atoms with Crippen LogP contribution in [-0.2, 0) is 11.3 Å². The number of likely N-dealkylation sites (N-methyl/N-ethyl adjacent to an activating group) is 1. The predicted molar refractivity (Wildman–Crippen MR) is 83.0 cm³/mol. The fourth-order valence-corrected chi connectivity index (χ4v) is 3.04. The van der Waals surface area contributed by atoms with Crippen molar-refractivity contribution in [1.29, 1.82) is 0 Å². The van der Waals surface area contributed by atoms with Crippen LogP contribution in [0, 0.1) is 5.92 Å². The molecule has 3 rings (SSSR count). The van der Waals surface area contributed by atoms with Crippen LogP contribution in [-0.4, -0.2) is 47.0 Å². The van der Waals surface area contributed by atoms with Crippen molar-refractivity contribution >= 4 is 16.9 Å². The molecule has 0 radical (unpaired) electrons. The number of hydrogen-bond acceptors (Lipinski definition) is 3. The van der Waals surface area contributed by atoms with Crippen LogP contribution in [0.15, 0.2) is 30.6 Å². The van der Waals surface area contributed by atoms with Gasteiger partial charge in [-0.3, -0.25) is 9.69 Å². The van der Waals surface area contributed by atoms with Crippen LogP contribution < -0.4 is 5.32 Å². The first-order valence-corrected chi connectivity index (χ1v) is 7.59. The van der Waals surface area contributed by atoms with Gasteiger partial charge >= 0.3 is 0 Å². The van der Waals surface area contributed by atoms with E-state index in [0.717, 1.165) is 38.0 Å². The van der Waals surface area contributed by atoms with Crippen LogP contribution >= 0.6 is 0 Å². The Morgan fingerprint density at radius 2 is 2.10 bits per heavy atom. The van der Waals surface area contributed by atoms with Crippen molar-refractivity contribution in [2.45, 2.75) is 19.4 Å². The van der Waals surface area contributed by atoms with Crippen molar-refractivity contribution in [2.24, 2.45) is 5.92 Å². The molecule has 0 unspecified atom stereocenters. The number of rotatable bonds is 4. The Hall–Kier alpha value is -1.88. The molecule has 112 valence electrons. The molecule has 5 heteroatoms. The number of para-hydroxylation sites is 2. The van der Waals surface area contributed by atoms with Crippen LogP contribution in [0.2, 0.25) is 0 Å². The minimum atomic E-state index is 0.106. The fraction of sp³-hybridized carbons (Fsp3) is 0.500. The van der Waals surface area contributed by atoms with Gasteiger partial charge in [-0.1, -0.05) is 12.1 Å². The zero-order chi connectivity index (χ0) is 14.7. The number of likely N-dealkylation sites (tertiary alicyclic amines) is 1. The summed E-state index contributed by atoms with van der Waals surface area (Å²) < 4.78 is 2.26. The molecule has 0 aliphatic carbocycles. The molecular weight excluding hydrogens is 264 g/mol.